The number of hydrogen-bond donors (Lipinski definition) is 0. The summed E-state index contributed by atoms with van der Waals surface area (Å²) in [7, 11) is 4.18. The van der Waals surface area contributed by atoms with E-state index in [-0.39, 0.29) is 12.0 Å². The molecule has 2 aromatic rings. The third-order valence-corrected chi connectivity index (χ3v) is 6.07. The van der Waals surface area contributed by atoms with Gasteiger partial charge in [-0.05, 0) is 44.8 Å². The number of aryl methyl sites for hydroxylation is 1. The highest BCUT2D eigenvalue weighted by Gasteiger charge is 2.46. The first kappa shape index (κ1) is 17.7. The van der Waals surface area contributed by atoms with Crippen LogP contribution in [-0.4, -0.2) is 56.4 Å². The van der Waals surface area contributed by atoms with Crippen LogP contribution in [0.2, 0.25) is 0 Å². The van der Waals surface area contributed by atoms with Crippen molar-refractivity contribution in [3.63, 3.8) is 0 Å². The van der Waals surface area contributed by atoms with E-state index in [1.54, 1.807) is 0 Å². The smallest absolute Gasteiger partial charge is 0.229 e. The van der Waals surface area contributed by atoms with Gasteiger partial charge in [0.2, 0.25) is 5.89 Å². The fourth-order valence-electron chi connectivity index (χ4n) is 4.53. The third kappa shape index (κ3) is 3.42. The minimum Gasteiger partial charge on any atom is -0.339 e. The molecule has 2 saturated heterocycles. The van der Waals surface area contributed by atoms with Crippen LogP contribution in [0.3, 0.4) is 0 Å². The Labute approximate surface area is 155 Å². The molecule has 0 saturated carbocycles. The fraction of sp³-hybridized carbons (Fsp3) is 0.737. The maximum atomic E-state index is 5.44. The molecular weight excluding hydrogens is 328 g/mol. The van der Waals surface area contributed by atoms with Crippen molar-refractivity contribution in [1.82, 2.24) is 29.7 Å². The molecule has 2 aliphatic heterocycles. The molecule has 1 atom stereocenters. The summed E-state index contributed by atoms with van der Waals surface area (Å²) in [5.74, 6) is 1.90. The molecule has 0 radical (unpaired) electrons. The monoisotopic (exact) mass is 358 g/mol. The van der Waals surface area contributed by atoms with Gasteiger partial charge in [-0.1, -0.05) is 19.0 Å². The van der Waals surface area contributed by atoms with E-state index in [4.69, 9.17) is 4.52 Å². The van der Waals surface area contributed by atoms with E-state index >= 15 is 0 Å². The Balaban J connectivity index is 1.38. The second-order valence-corrected chi connectivity index (χ2v) is 8.58. The van der Waals surface area contributed by atoms with Crippen molar-refractivity contribution in [2.24, 2.45) is 12.5 Å². The predicted octanol–water partition coefficient (Wildman–Crippen LogP) is 2.59. The number of hydrogen-bond acceptors (Lipinski definition) is 6. The van der Waals surface area contributed by atoms with Crippen LogP contribution in [0.5, 0.6) is 0 Å². The molecule has 2 aromatic heterocycles. The molecule has 4 heterocycles. The zero-order valence-corrected chi connectivity index (χ0v) is 16.4. The molecule has 0 N–H and O–H groups in total. The first-order valence-electron chi connectivity index (χ1n) is 9.68. The van der Waals surface area contributed by atoms with Gasteiger partial charge in [0.25, 0.3) is 0 Å². The molecule has 1 unspecified atom stereocenters. The summed E-state index contributed by atoms with van der Waals surface area (Å²) >= 11 is 0. The van der Waals surface area contributed by atoms with Gasteiger partial charge in [0.1, 0.15) is 0 Å². The summed E-state index contributed by atoms with van der Waals surface area (Å²) in [4.78, 5) is 9.63. The molecular formula is C19H30N6O. The number of likely N-dealkylation sites (tertiary alicyclic amines) is 2. The Morgan fingerprint density at radius 2 is 2.04 bits per heavy atom. The van der Waals surface area contributed by atoms with Crippen LogP contribution in [0.25, 0.3) is 0 Å². The zero-order chi connectivity index (χ0) is 18.3. The second-order valence-electron chi connectivity index (χ2n) is 8.58. The lowest BCUT2D eigenvalue weighted by Gasteiger charge is -2.39. The topological polar surface area (TPSA) is 63.2 Å². The largest absolute Gasteiger partial charge is 0.339 e. The molecule has 26 heavy (non-hydrogen) atoms. The van der Waals surface area contributed by atoms with Gasteiger partial charge in [-0.15, -0.1) is 0 Å². The number of piperidine rings is 1. The molecule has 4 rings (SSSR count). The van der Waals surface area contributed by atoms with Crippen LogP contribution in [0.1, 0.15) is 62.3 Å². The molecule has 0 aromatic carbocycles. The average molecular weight is 358 g/mol. The highest BCUT2D eigenvalue weighted by Crippen LogP contribution is 2.47. The Bertz CT molecular complexity index is 743. The molecule has 2 aliphatic rings. The Morgan fingerprint density at radius 3 is 2.65 bits per heavy atom. The predicted molar refractivity (Wildman–Crippen MR) is 98.5 cm³/mol. The van der Waals surface area contributed by atoms with Crippen LogP contribution < -0.4 is 0 Å². The van der Waals surface area contributed by atoms with Gasteiger partial charge in [-0.3, -0.25) is 14.5 Å². The van der Waals surface area contributed by atoms with Gasteiger partial charge in [0, 0.05) is 37.8 Å². The lowest BCUT2D eigenvalue weighted by atomic mass is 9.76. The fourth-order valence-corrected chi connectivity index (χ4v) is 4.53. The van der Waals surface area contributed by atoms with Crippen molar-refractivity contribution in [2.45, 2.75) is 51.6 Å². The van der Waals surface area contributed by atoms with Crippen LogP contribution >= 0.6 is 0 Å². The van der Waals surface area contributed by atoms with E-state index in [2.05, 4.69) is 52.1 Å². The van der Waals surface area contributed by atoms with Gasteiger partial charge in [0.15, 0.2) is 5.82 Å². The summed E-state index contributed by atoms with van der Waals surface area (Å²) in [6, 6.07) is 0.288. The van der Waals surface area contributed by atoms with Gasteiger partial charge < -0.3 is 4.52 Å². The average Bonchev–Trinajstić information content (AvgIpc) is 3.30. The van der Waals surface area contributed by atoms with Crippen molar-refractivity contribution >= 4 is 0 Å². The Morgan fingerprint density at radius 1 is 1.27 bits per heavy atom. The first-order valence-corrected chi connectivity index (χ1v) is 9.68. The maximum Gasteiger partial charge on any atom is 0.229 e. The first-order chi connectivity index (χ1) is 12.4. The lowest BCUT2D eigenvalue weighted by molar-refractivity contribution is 0.105. The molecule has 7 heteroatoms. The van der Waals surface area contributed by atoms with Crippen LogP contribution in [-0.2, 0) is 13.6 Å². The van der Waals surface area contributed by atoms with Gasteiger partial charge >= 0.3 is 0 Å². The second kappa shape index (κ2) is 6.78. The molecule has 0 bridgehead atoms. The van der Waals surface area contributed by atoms with Crippen molar-refractivity contribution in [2.75, 3.05) is 26.7 Å². The lowest BCUT2D eigenvalue weighted by Crippen LogP contribution is -2.40. The van der Waals surface area contributed by atoms with E-state index < -0.39 is 0 Å². The SMILES string of the molecule is CC(C)c1nc(C2CC3(CCN(Cc4cnn(C)c4)CC3)CN2C)no1. The molecule has 0 aliphatic carbocycles. The third-order valence-electron chi connectivity index (χ3n) is 6.07. The van der Waals surface area contributed by atoms with Crippen LogP contribution in [0.15, 0.2) is 16.9 Å². The number of aromatic nitrogens is 4. The summed E-state index contributed by atoms with van der Waals surface area (Å²) in [5.41, 5.74) is 1.70. The molecule has 2 fully saturated rings. The summed E-state index contributed by atoms with van der Waals surface area (Å²) in [5, 5.41) is 8.55. The maximum absolute atomic E-state index is 5.44. The molecule has 142 valence electrons. The molecule has 7 nitrogen and oxygen atoms in total. The highest BCUT2D eigenvalue weighted by molar-refractivity contribution is 5.07. The normalized spacial score (nSPS) is 24.1. The van der Waals surface area contributed by atoms with Crippen molar-refractivity contribution in [3.8, 4) is 0 Å². The summed E-state index contributed by atoms with van der Waals surface area (Å²) in [6.45, 7) is 8.62. The minimum atomic E-state index is 0.285. The highest BCUT2D eigenvalue weighted by atomic mass is 16.5. The summed E-state index contributed by atoms with van der Waals surface area (Å²) < 4.78 is 7.33. The Kier molecular flexibility index (Phi) is 4.61. The van der Waals surface area contributed by atoms with Crippen molar-refractivity contribution in [3.05, 3.63) is 29.7 Å². The standard InChI is InChI=1S/C19H30N6O/c1-14(2)18-21-17(22-26-18)16-9-19(13-23(16)3)5-7-25(8-6-19)12-15-10-20-24(4)11-15/h10-11,14,16H,5-9,12-13H2,1-4H3. The zero-order valence-electron chi connectivity index (χ0n) is 16.4. The number of nitrogens with zero attached hydrogens (tertiary/aromatic N) is 6. The van der Waals surface area contributed by atoms with Crippen LogP contribution in [0, 0.1) is 5.41 Å². The Hall–Kier alpha value is -1.73. The molecule has 1 spiro atoms. The van der Waals surface area contributed by atoms with Gasteiger partial charge in [0.05, 0.1) is 12.2 Å². The van der Waals surface area contributed by atoms with E-state index in [0.717, 1.165) is 44.3 Å². The van der Waals surface area contributed by atoms with Gasteiger partial charge in [-0.25, -0.2) is 0 Å². The minimum absolute atomic E-state index is 0.285. The van der Waals surface area contributed by atoms with Gasteiger partial charge in [-0.2, -0.15) is 10.1 Å². The van der Waals surface area contributed by atoms with E-state index in [0.29, 0.717) is 5.41 Å². The van der Waals surface area contributed by atoms with E-state index in [1.807, 2.05) is 17.9 Å². The van der Waals surface area contributed by atoms with Crippen molar-refractivity contribution in [1.29, 1.82) is 0 Å². The van der Waals surface area contributed by atoms with Crippen molar-refractivity contribution < 1.29 is 4.52 Å². The quantitative estimate of drug-likeness (QED) is 0.837. The van der Waals surface area contributed by atoms with E-state index in [1.165, 1.54) is 18.4 Å². The van der Waals surface area contributed by atoms with Crippen LogP contribution in [0.4, 0.5) is 0 Å². The number of rotatable bonds is 4. The molecule has 0 amide bonds. The summed E-state index contributed by atoms with van der Waals surface area (Å²) in [6.07, 6.45) is 7.71. The van der Waals surface area contributed by atoms with E-state index in [9.17, 15) is 0 Å².